The lowest BCUT2D eigenvalue weighted by Gasteiger charge is -2.19. The number of nitrogens with one attached hydrogen (secondary N) is 1. The maximum Gasteiger partial charge on any atom is 0.305 e. The molecule has 2 N–H and O–H groups in total. The third-order valence-corrected chi connectivity index (χ3v) is 4.33. The van der Waals surface area contributed by atoms with Gasteiger partial charge in [0, 0.05) is 5.56 Å². The highest BCUT2D eigenvalue weighted by Crippen LogP contribution is 2.31. The molecular formula is C21H25NO5. The minimum absolute atomic E-state index is 0.245. The fourth-order valence-corrected chi connectivity index (χ4v) is 2.76. The molecule has 0 radical (unpaired) electrons. The largest absolute Gasteiger partial charge is 0.493 e. The summed E-state index contributed by atoms with van der Waals surface area (Å²) in [6.07, 6.45) is -0.245. The van der Waals surface area contributed by atoms with Crippen LogP contribution >= 0.6 is 0 Å². The van der Waals surface area contributed by atoms with Gasteiger partial charge in [-0.05, 0) is 41.3 Å². The summed E-state index contributed by atoms with van der Waals surface area (Å²) < 4.78 is 10.5. The highest BCUT2D eigenvalue weighted by molar-refractivity contribution is 5.94. The maximum absolute atomic E-state index is 12.6. The third kappa shape index (κ3) is 5.23. The van der Waals surface area contributed by atoms with Gasteiger partial charge in [0.05, 0.1) is 26.7 Å². The Morgan fingerprint density at radius 2 is 1.56 bits per heavy atom. The van der Waals surface area contributed by atoms with Gasteiger partial charge in [0.2, 0.25) is 0 Å². The lowest BCUT2D eigenvalue weighted by molar-refractivity contribution is -0.137. The first-order chi connectivity index (χ1) is 12.8. The zero-order valence-electron chi connectivity index (χ0n) is 16.0. The normalized spacial score (nSPS) is 11.7. The number of carbonyl (C=O) groups is 2. The summed E-state index contributed by atoms with van der Waals surface area (Å²) in [6, 6.07) is 11.7. The molecule has 144 valence electrons. The van der Waals surface area contributed by atoms with Gasteiger partial charge in [-0.3, -0.25) is 9.59 Å². The first kappa shape index (κ1) is 20.3. The van der Waals surface area contributed by atoms with E-state index in [1.54, 1.807) is 30.3 Å². The molecular weight excluding hydrogens is 346 g/mol. The van der Waals surface area contributed by atoms with Gasteiger partial charge in [-0.1, -0.05) is 32.0 Å². The Labute approximate surface area is 159 Å². The molecule has 0 heterocycles. The van der Waals surface area contributed by atoms with Gasteiger partial charge >= 0.3 is 5.97 Å². The Kier molecular flexibility index (Phi) is 6.82. The molecule has 1 unspecified atom stereocenters. The number of amides is 1. The highest BCUT2D eigenvalue weighted by Gasteiger charge is 2.20. The Balaban J connectivity index is 2.26. The molecule has 0 fully saturated rings. The van der Waals surface area contributed by atoms with Crippen molar-refractivity contribution in [2.24, 2.45) is 0 Å². The summed E-state index contributed by atoms with van der Waals surface area (Å²) in [5, 5.41) is 12.0. The molecule has 0 aliphatic heterocycles. The van der Waals surface area contributed by atoms with Crippen LogP contribution in [0.25, 0.3) is 0 Å². The first-order valence-corrected chi connectivity index (χ1v) is 8.70. The molecule has 27 heavy (non-hydrogen) atoms. The zero-order chi connectivity index (χ0) is 20.0. The Hall–Kier alpha value is -3.02. The standard InChI is InChI=1S/C21H25NO5/c1-13(2)14-5-7-15(8-6-14)21(25)22-17(12-20(23)24)16-9-10-18(26-3)19(11-16)27-4/h5-11,13,17H,12H2,1-4H3,(H,22,25)(H,23,24). The van der Waals surface area contributed by atoms with Crippen molar-refractivity contribution in [1.29, 1.82) is 0 Å². The lowest BCUT2D eigenvalue weighted by Crippen LogP contribution is -2.30. The van der Waals surface area contributed by atoms with Crippen LogP contribution in [-0.2, 0) is 4.79 Å². The van der Waals surface area contributed by atoms with E-state index in [0.29, 0.717) is 28.5 Å². The molecule has 0 saturated heterocycles. The second-order valence-electron chi connectivity index (χ2n) is 6.52. The number of benzene rings is 2. The van der Waals surface area contributed by atoms with Crippen LogP contribution in [0.4, 0.5) is 0 Å². The van der Waals surface area contributed by atoms with E-state index >= 15 is 0 Å². The number of ether oxygens (including phenoxy) is 2. The fraction of sp³-hybridized carbons (Fsp3) is 0.333. The molecule has 0 aliphatic carbocycles. The average Bonchev–Trinajstić information content (AvgIpc) is 2.66. The predicted molar refractivity (Wildman–Crippen MR) is 103 cm³/mol. The van der Waals surface area contributed by atoms with Crippen LogP contribution in [0.1, 0.15) is 53.7 Å². The minimum atomic E-state index is -1.01. The molecule has 1 atom stereocenters. The Bertz CT molecular complexity index is 799. The molecule has 0 aromatic heterocycles. The number of hydrogen-bond donors (Lipinski definition) is 2. The Morgan fingerprint density at radius 3 is 2.07 bits per heavy atom. The second kappa shape index (κ2) is 9.07. The van der Waals surface area contributed by atoms with E-state index in [4.69, 9.17) is 9.47 Å². The molecule has 6 nitrogen and oxygen atoms in total. The number of hydrogen-bond acceptors (Lipinski definition) is 4. The number of carboxylic acid groups (broad SMARTS) is 1. The maximum atomic E-state index is 12.6. The average molecular weight is 371 g/mol. The van der Waals surface area contributed by atoms with Gasteiger partial charge in [-0.25, -0.2) is 0 Å². The van der Waals surface area contributed by atoms with Crippen molar-refractivity contribution in [2.75, 3.05) is 14.2 Å². The van der Waals surface area contributed by atoms with Crippen molar-refractivity contribution < 1.29 is 24.2 Å². The van der Waals surface area contributed by atoms with Gasteiger partial charge in [-0.2, -0.15) is 0 Å². The summed E-state index contributed by atoms with van der Waals surface area (Å²) in [7, 11) is 3.03. The molecule has 0 saturated carbocycles. The molecule has 2 aromatic carbocycles. The second-order valence-corrected chi connectivity index (χ2v) is 6.52. The third-order valence-electron chi connectivity index (χ3n) is 4.33. The number of carboxylic acids is 1. The van der Waals surface area contributed by atoms with Crippen LogP contribution < -0.4 is 14.8 Å². The van der Waals surface area contributed by atoms with Gasteiger partial charge < -0.3 is 19.9 Å². The summed E-state index contributed by atoms with van der Waals surface area (Å²) in [4.78, 5) is 23.9. The van der Waals surface area contributed by atoms with Crippen molar-refractivity contribution in [1.82, 2.24) is 5.32 Å². The van der Waals surface area contributed by atoms with Crippen LogP contribution in [0.3, 0.4) is 0 Å². The van der Waals surface area contributed by atoms with Gasteiger partial charge in [-0.15, -0.1) is 0 Å². The summed E-state index contributed by atoms with van der Waals surface area (Å²) >= 11 is 0. The fourth-order valence-electron chi connectivity index (χ4n) is 2.76. The number of aliphatic carboxylic acids is 1. The highest BCUT2D eigenvalue weighted by atomic mass is 16.5. The van der Waals surface area contributed by atoms with Crippen LogP contribution in [-0.4, -0.2) is 31.2 Å². The number of carbonyl (C=O) groups excluding carboxylic acids is 1. The van der Waals surface area contributed by atoms with E-state index in [9.17, 15) is 14.7 Å². The van der Waals surface area contributed by atoms with Crippen molar-refractivity contribution in [3.8, 4) is 11.5 Å². The first-order valence-electron chi connectivity index (χ1n) is 8.70. The van der Waals surface area contributed by atoms with Gasteiger partial charge in [0.15, 0.2) is 11.5 Å². The van der Waals surface area contributed by atoms with Crippen LogP contribution in [0.5, 0.6) is 11.5 Å². The van der Waals surface area contributed by atoms with Crippen LogP contribution in [0.2, 0.25) is 0 Å². The van der Waals surface area contributed by atoms with E-state index in [0.717, 1.165) is 5.56 Å². The smallest absolute Gasteiger partial charge is 0.305 e. The molecule has 0 bridgehead atoms. The predicted octanol–water partition coefficient (Wildman–Crippen LogP) is 3.77. The summed E-state index contributed by atoms with van der Waals surface area (Å²) in [5.74, 6) is 0.0389. The topological polar surface area (TPSA) is 84.9 Å². The zero-order valence-corrected chi connectivity index (χ0v) is 16.0. The van der Waals surface area contributed by atoms with Crippen LogP contribution in [0, 0.1) is 0 Å². The Morgan fingerprint density at radius 1 is 0.963 bits per heavy atom. The lowest BCUT2D eigenvalue weighted by atomic mass is 10.0. The molecule has 2 aromatic rings. The summed E-state index contributed by atoms with van der Waals surface area (Å²) in [6.45, 7) is 4.16. The molecule has 1 amide bonds. The molecule has 0 aliphatic rings. The van der Waals surface area contributed by atoms with E-state index in [2.05, 4.69) is 19.2 Å². The van der Waals surface area contributed by atoms with E-state index in [-0.39, 0.29) is 12.3 Å². The minimum Gasteiger partial charge on any atom is -0.493 e. The van der Waals surface area contributed by atoms with E-state index < -0.39 is 12.0 Å². The summed E-state index contributed by atoms with van der Waals surface area (Å²) in [5.41, 5.74) is 2.24. The van der Waals surface area contributed by atoms with E-state index in [1.807, 2.05) is 12.1 Å². The molecule has 6 heteroatoms. The van der Waals surface area contributed by atoms with E-state index in [1.165, 1.54) is 14.2 Å². The van der Waals surface area contributed by atoms with Crippen molar-refractivity contribution in [3.05, 3.63) is 59.2 Å². The molecule has 2 rings (SSSR count). The van der Waals surface area contributed by atoms with Gasteiger partial charge in [0.25, 0.3) is 5.91 Å². The van der Waals surface area contributed by atoms with Crippen molar-refractivity contribution in [3.63, 3.8) is 0 Å². The number of rotatable bonds is 8. The number of methoxy groups -OCH3 is 2. The van der Waals surface area contributed by atoms with Gasteiger partial charge in [0.1, 0.15) is 0 Å². The van der Waals surface area contributed by atoms with Crippen molar-refractivity contribution >= 4 is 11.9 Å². The monoisotopic (exact) mass is 371 g/mol. The molecule has 0 spiro atoms. The quantitative estimate of drug-likeness (QED) is 0.738. The van der Waals surface area contributed by atoms with Crippen molar-refractivity contribution in [2.45, 2.75) is 32.2 Å². The van der Waals surface area contributed by atoms with Crippen LogP contribution in [0.15, 0.2) is 42.5 Å². The SMILES string of the molecule is COc1ccc(C(CC(=O)O)NC(=O)c2ccc(C(C)C)cc2)cc1OC.